The van der Waals surface area contributed by atoms with Gasteiger partial charge in [-0.1, -0.05) is 46.9 Å². The van der Waals surface area contributed by atoms with Crippen LogP contribution in [0.15, 0.2) is 42.5 Å². The van der Waals surface area contributed by atoms with Crippen LogP contribution in [0.3, 0.4) is 0 Å². The topological polar surface area (TPSA) is 46.1 Å². The molecule has 0 aliphatic rings. The van der Waals surface area contributed by atoms with E-state index in [1.807, 2.05) is 29.6 Å². The number of nitrogens with two attached hydrogens (primary N) is 1. The maximum Gasteiger partial charge on any atom is 0.139 e. The molecule has 0 heterocycles. The van der Waals surface area contributed by atoms with E-state index in [9.17, 15) is 5.11 Å². The summed E-state index contributed by atoms with van der Waals surface area (Å²) in [6.07, 6.45) is -0.619. The zero-order chi connectivity index (χ0) is 16.8. The minimum absolute atomic E-state index is 0.152. The standard InChI is InChI=1S/C17H18Cl3NO2/c1-11(12-3-2-4-13(18)7-12)21-9-15(22)10-23-17-8-14(19)5-6-16(17)20/h2-8,11,15,21-22H,9-10H2,1H3/p+1/t11-,15+/m1/s1. The summed E-state index contributed by atoms with van der Waals surface area (Å²) >= 11 is 17.9. The molecular formula is C17H19Cl3NO2+. The van der Waals surface area contributed by atoms with Gasteiger partial charge < -0.3 is 15.2 Å². The van der Waals surface area contributed by atoms with E-state index in [2.05, 4.69) is 6.92 Å². The number of hydrogen-bond acceptors (Lipinski definition) is 2. The fourth-order valence-electron chi connectivity index (χ4n) is 2.13. The number of halogens is 3. The SMILES string of the molecule is C[C@@H]([NH2+]C[C@H](O)COc1cc(Cl)ccc1Cl)c1cccc(Cl)c1. The molecule has 2 aromatic rings. The second-order valence-corrected chi connectivity index (χ2v) is 6.63. The number of rotatable bonds is 7. The fourth-order valence-corrected chi connectivity index (χ4v) is 2.66. The summed E-state index contributed by atoms with van der Waals surface area (Å²) in [5, 5.41) is 13.8. The van der Waals surface area contributed by atoms with Crippen molar-refractivity contribution in [3.63, 3.8) is 0 Å². The second-order valence-electron chi connectivity index (χ2n) is 5.35. The van der Waals surface area contributed by atoms with Gasteiger partial charge >= 0.3 is 0 Å². The maximum absolute atomic E-state index is 10.1. The van der Waals surface area contributed by atoms with Crippen LogP contribution in [0.4, 0.5) is 0 Å². The molecule has 124 valence electrons. The number of quaternary nitrogens is 1. The van der Waals surface area contributed by atoms with Crippen molar-refractivity contribution >= 4 is 34.8 Å². The van der Waals surface area contributed by atoms with E-state index in [1.165, 1.54) is 0 Å². The summed E-state index contributed by atoms with van der Waals surface area (Å²) in [5.41, 5.74) is 1.11. The Morgan fingerprint density at radius 2 is 1.83 bits per heavy atom. The summed E-state index contributed by atoms with van der Waals surface area (Å²) in [6, 6.07) is 12.9. The van der Waals surface area contributed by atoms with Crippen molar-refractivity contribution in [2.24, 2.45) is 0 Å². The van der Waals surface area contributed by atoms with Crippen molar-refractivity contribution in [2.75, 3.05) is 13.2 Å². The lowest BCUT2D eigenvalue weighted by Crippen LogP contribution is -2.87. The Morgan fingerprint density at radius 1 is 1.09 bits per heavy atom. The first-order chi connectivity index (χ1) is 11.0. The van der Waals surface area contributed by atoms with Crippen molar-refractivity contribution in [1.82, 2.24) is 0 Å². The van der Waals surface area contributed by atoms with Crippen LogP contribution in [0.5, 0.6) is 5.75 Å². The molecule has 6 heteroatoms. The lowest BCUT2D eigenvalue weighted by atomic mass is 10.1. The van der Waals surface area contributed by atoms with Crippen LogP contribution < -0.4 is 10.1 Å². The van der Waals surface area contributed by atoms with Gasteiger partial charge in [-0.25, -0.2) is 0 Å². The lowest BCUT2D eigenvalue weighted by molar-refractivity contribution is -0.698. The molecule has 3 N–H and O–H groups in total. The molecule has 0 fully saturated rings. The molecule has 2 aromatic carbocycles. The predicted molar refractivity (Wildman–Crippen MR) is 94.6 cm³/mol. The van der Waals surface area contributed by atoms with Crippen molar-refractivity contribution < 1.29 is 15.2 Å². The fraction of sp³-hybridized carbons (Fsp3) is 0.294. The highest BCUT2D eigenvalue weighted by molar-refractivity contribution is 6.34. The number of benzene rings is 2. The molecule has 0 bridgehead atoms. The van der Waals surface area contributed by atoms with E-state index in [4.69, 9.17) is 39.5 Å². The molecule has 0 saturated carbocycles. The summed E-state index contributed by atoms with van der Waals surface area (Å²) < 4.78 is 5.53. The third-order valence-corrected chi connectivity index (χ3v) is 4.24. The van der Waals surface area contributed by atoms with Crippen molar-refractivity contribution in [3.05, 3.63) is 63.1 Å². The van der Waals surface area contributed by atoms with Crippen LogP contribution in [0, 0.1) is 0 Å². The van der Waals surface area contributed by atoms with Crippen LogP contribution in [0.1, 0.15) is 18.5 Å². The van der Waals surface area contributed by atoms with Crippen LogP contribution >= 0.6 is 34.8 Å². The monoisotopic (exact) mass is 374 g/mol. The first-order valence-electron chi connectivity index (χ1n) is 7.30. The molecule has 23 heavy (non-hydrogen) atoms. The summed E-state index contributed by atoms with van der Waals surface area (Å²) in [4.78, 5) is 0. The predicted octanol–water partition coefficient (Wildman–Crippen LogP) is 3.71. The van der Waals surface area contributed by atoms with Gasteiger partial charge in [-0.3, -0.25) is 0 Å². The van der Waals surface area contributed by atoms with Gasteiger partial charge in [0.05, 0.1) is 5.02 Å². The minimum Gasteiger partial charge on any atom is -0.489 e. The molecule has 0 unspecified atom stereocenters. The van der Waals surface area contributed by atoms with Gasteiger partial charge in [-0.05, 0) is 31.2 Å². The molecule has 0 saturated heterocycles. The third-order valence-electron chi connectivity index (χ3n) is 3.46. The Morgan fingerprint density at radius 3 is 2.57 bits per heavy atom. The first kappa shape index (κ1) is 18.4. The average molecular weight is 376 g/mol. The smallest absolute Gasteiger partial charge is 0.139 e. The maximum atomic E-state index is 10.1. The van der Waals surface area contributed by atoms with Gasteiger partial charge in [-0.15, -0.1) is 0 Å². The Hall–Kier alpha value is -0.970. The number of aliphatic hydroxyl groups is 1. The van der Waals surface area contributed by atoms with Crippen molar-refractivity contribution in [1.29, 1.82) is 0 Å². The van der Waals surface area contributed by atoms with Crippen molar-refractivity contribution in [2.45, 2.75) is 19.1 Å². The Bertz CT molecular complexity index is 651. The largest absolute Gasteiger partial charge is 0.489 e. The van der Waals surface area contributed by atoms with Gasteiger partial charge in [-0.2, -0.15) is 0 Å². The molecular weight excluding hydrogens is 357 g/mol. The molecule has 0 amide bonds. The van der Waals surface area contributed by atoms with Crippen LogP contribution in [0.25, 0.3) is 0 Å². The summed E-state index contributed by atoms with van der Waals surface area (Å²) in [7, 11) is 0. The number of hydrogen-bond donors (Lipinski definition) is 2. The van der Waals surface area contributed by atoms with E-state index >= 15 is 0 Å². The van der Waals surface area contributed by atoms with E-state index in [0.29, 0.717) is 27.4 Å². The van der Waals surface area contributed by atoms with Crippen molar-refractivity contribution in [3.8, 4) is 5.75 Å². The molecule has 0 aliphatic carbocycles. The van der Waals surface area contributed by atoms with Gasteiger partial charge in [0, 0.05) is 21.7 Å². The van der Waals surface area contributed by atoms with E-state index < -0.39 is 6.10 Å². The molecule has 2 atom stereocenters. The van der Waals surface area contributed by atoms with E-state index in [1.54, 1.807) is 18.2 Å². The molecule has 0 aliphatic heterocycles. The highest BCUT2D eigenvalue weighted by Gasteiger charge is 2.14. The Kier molecular flexibility index (Phi) is 7.00. The van der Waals surface area contributed by atoms with Crippen LogP contribution in [-0.4, -0.2) is 24.4 Å². The molecule has 2 rings (SSSR count). The van der Waals surface area contributed by atoms with Crippen LogP contribution in [-0.2, 0) is 0 Å². The molecule has 0 spiro atoms. The third kappa shape index (κ3) is 5.87. The zero-order valence-corrected chi connectivity index (χ0v) is 14.9. The quantitative estimate of drug-likeness (QED) is 0.775. The van der Waals surface area contributed by atoms with Crippen LogP contribution in [0.2, 0.25) is 15.1 Å². The highest BCUT2D eigenvalue weighted by atomic mass is 35.5. The number of aliphatic hydroxyl groups excluding tert-OH is 1. The van der Waals surface area contributed by atoms with Gasteiger partial charge in [0.2, 0.25) is 0 Å². The molecule has 0 radical (unpaired) electrons. The number of ether oxygens (including phenoxy) is 1. The molecule has 3 nitrogen and oxygen atoms in total. The lowest BCUT2D eigenvalue weighted by Gasteiger charge is -2.16. The second kappa shape index (κ2) is 8.76. The molecule has 0 aromatic heterocycles. The highest BCUT2D eigenvalue weighted by Crippen LogP contribution is 2.27. The Balaban J connectivity index is 1.81. The normalized spacial score (nSPS) is 13.6. The van der Waals surface area contributed by atoms with Gasteiger partial charge in [0.1, 0.15) is 31.0 Å². The minimum atomic E-state index is -0.619. The zero-order valence-electron chi connectivity index (χ0n) is 12.7. The van der Waals surface area contributed by atoms with E-state index in [-0.39, 0.29) is 12.6 Å². The van der Waals surface area contributed by atoms with E-state index in [0.717, 1.165) is 5.56 Å². The Labute approximate surface area is 151 Å². The summed E-state index contributed by atoms with van der Waals surface area (Å²) in [6.45, 7) is 2.72. The summed E-state index contributed by atoms with van der Waals surface area (Å²) in [5.74, 6) is 0.473. The van der Waals surface area contributed by atoms with Gasteiger partial charge in [0.15, 0.2) is 0 Å². The first-order valence-corrected chi connectivity index (χ1v) is 8.44. The average Bonchev–Trinajstić information content (AvgIpc) is 2.53. The van der Waals surface area contributed by atoms with Gasteiger partial charge in [0.25, 0.3) is 0 Å².